The molecule has 1 aromatic rings. The van der Waals surface area contributed by atoms with Gasteiger partial charge < -0.3 is 5.32 Å². The van der Waals surface area contributed by atoms with Gasteiger partial charge >= 0.3 is 6.03 Å². The van der Waals surface area contributed by atoms with Gasteiger partial charge in [-0.15, -0.1) is 0 Å². The third-order valence-electron chi connectivity index (χ3n) is 3.32. The molecule has 1 radical (unpaired) electrons. The van der Waals surface area contributed by atoms with Gasteiger partial charge in [0.1, 0.15) is 0 Å². The van der Waals surface area contributed by atoms with E-state index in [2.05, 4.69) is 34.9 Å². The molecule has 1 aromatic carbocycles. The minimum atomic E-state index is -0.235. The summed E-state index contributed by atoms with van der Waals surface area (Å²) in [6.45, 7) is 0. The Kier molecular flexibility index (Phi) is 2.17. The lowest BCUT2D eigenvalue weighted by Crippen LogP contribution is -2.16. The number of amides is 2. The number of allylic oxidation sites excluding steroid dienone is 1. The van der Waals surface area contributed by atoms with E-state index in [1.807, 2.05) is 0 Å². The van der Waals surface area contributed by atoms with Crippen molar-refractivity contribution in [1.29, 1.82) is 0 Å². The summed E-state index contributed by atoms with van der Waals surface area (Å²) in [6.07, 6.45) is 4.91. The molecule has 0 bridgehead atoms. The molecule has 3 rings (SSSR count). The van der Waals surface area contributed by atoms with Crippen molar-refractivity contribution in [2.75, 3.05) is 0 Å². The Morgan fingerprint density at radius 3 is 3.06 bits per heavy atom. The normalized spacial score (nSPS) is 22.4. The molecule has 1 atom stereocenters. The van der Waals surface area contributed by atoms with Crippen molar-refractivity contribution in [2.24, 2.45) is 0 Å². The van der Waals surface area contributed by atoms with E-state index in [9.17, 15) is 4.79 Å². The van der Waals surface area contributed by atoms with E-state index in [0.29, 0.717) is 5.92 Å². The topological polar surface area (TPSA) is 43.2 Å². The van der Waals surface area contributed by atoms with Crippen LogP contribution in [0.1, 0.15) is 29.9 Å². The number of nitrogens with one attached hydrogen (secondary N) is 1. The lowest BCUT2D eigenvalue weighted by Gasteiger charge is -2.10. The number of nitrogens with zero attached hydrogens (tertiary/aromatic N) is 1. The smallest absolute Gasteiger partial charge is 0.311 e. The molecule has 81 valence electrons. The monoisotopic (exact) mass is 213 g/mol. The molecule has 1 unspecified atom stereocenters. The molecule has 0 aromatic heterocycles. The number of urea groups is 1. The van der Waals surface area contributed by atoms with Crippen LogP contribution in [0.25, 0.3) is 0 Å². The zero-order valence-corrected chi connectivity index (χ0v) is 8.94. The molecular formula is C13H13N2O. The number of aryl methyl sites for hydroxylation is 1. The summed E-state index contributed by atoms with van der Waals surface area (Å²) >= 11 is 0. The third-order valence-corrected chi connectivity index (χ3v) is 3.32. The third kappa shape index (κ3) is 1.58. The number of hydrogen-bond donors (Lipinski definition) is 1. The SMILES string of the molecule is O=C1[N]C(CC2CCc3ccccc32)=CN1. The van der Waals surface area contributed by atoms with Crippen LogP contribution in [0.15, 0.2) is 36.2 Å². The average Bonchev–Trinajstić information content (AvgIpc) is 2.87. The highest BCUT2D eigenvalue weighted by Gasteiger charge is 2.25. The summed E-state index contributed by atoms with van der Waals surface area (Å²) in [6, 6.07) is 8.32. The number of carbonyl (C=O) groups is 1. The lowest BCUT2D eigenvalue weighted by molar-refractivity contribution is 0.248. The summed E-state index contributed by atoms with van der Waals surface area (Å²) in [5.41, 5.74) is 3.76. The van der Waals surface area contributed by atoms with Crippen LogP contribution in [0, 0.1) is 0 Å². The second kappa shape index (κ2) is 3.67. The highest BCUT2D eigenvalue weighted by Crippen LogP contribution is 2.36. The van der Waals surface area contributed by atoms with Crippen molar-refractivity contribution in [3.05, 3.63) is 47.3 Å². The van der Waals surface area contributed by atoms with Crippen molar-refractivity contribution in [3.63, 3.8) is 0 Å². The fourth-order valence-corrected chi connectivity index (χ4v) is 2.55. The van der Waals surface area contributed by atoms with Gasteiger partial charge in [0.15, 0.2) is 0 Å². The minimum absolute atomic E-state index is 0.235. The molecule has 2 amide bonds. The predicted octanol–water partition coefficient (Wildman–Crippen LogP) is 2.28. The molecule has 3 heteroatoms. The fraction of sp³-hybridized carbons (Fsp3) is 0.308. The molecule has 3 nitrogen and oxygen atoms in total. The number of hydrogen-bond acceptors (Lipinski definition) is 1. The maximum absolute atomic E-state index is 10.9. The molecule has 16 heavy (non-hydrogen) atoms. The highest BCUT2D eigenvalue weighted by molar-refractivity contribution is 5.79. The van der Waals surface area contributed by atoms with E-state index in [1.54, 1.807) is 6.20 Å². The Labute approximate surface area is 94.5 Å². The van der Waals surface area contributed by atoms with Gasteiger partial charge in [-0.1, -0.05) is 24.3 Å². The minimum Gasteiger partial charge on any atom is -0.311 e. The maximum Gasteiger partial charge on any atom is 0.345 e. The average molecular weight is 213 g/mol. The molecule has 1 aliphatic carbocycles. The van der Waals surface area contributed by atoms with E-state index in [-0.39, 0.29) is 6.03 Å². The van der Waals surface area contributed by atoms with Crippen molar-refractivity contribution in [2.45, 2.75) is 25.2 Å². The van der Waals surface area contributed by atoms with Gasteiger partial charge in [0, 0.05) is 6.20 Å². The van der Waals surface area contributed by atoms with Crippen LogP contribution in [0.3, 0.4) is 0 Å². The summed E-state index contributed by atoms with van der Waals surface area (Å²) in [5, 5.41) is 6.54. The van der Waals surface area contributed by atoms with Crippen LogP contribution < -0.4 is 10.6 Å². The van der Waals surface area contributed by atoms with Crippen molar-refractivity contribution in [1.82, 2.24) is 10.6 Å². The van der Waals surface area contributed by atoms with Gasteiger partial charge in [0.2, 0.25) is 0 Å². The maximum atomic E-state index is 10.9. The Hall–Kier alpha value is -1.77. The van der Waals surface area contributed by atoms with E-state index < -0.39 is 0 Å². The fourth-order valence-electron chi connectivity index (χ4n) is 2.55. The number of fused-ring (bicyclic) bond motifs is 1. The molecule has 2 aliphatic rings. The second-order valence-corrected chi connectivity index (χ2v) is 4.34. The molecular weight excluding hydrogens is 200 g/mol. The summed E-state index contributed by atoms with van der Waals surface area (Å²) in [5.74, 6) is 0.527. The van der Waals surface area contributed by atoms with Gasteiger partial charge in [-0.2, -0.15) is 5.32 Å². The zero-order chi connectivity index (χ0) is 11.0. The van der Waals surface area contributed by atoms with Crippen LogP contribution >= 0.6 is 0 Å². The molecule has 1 aliphatic heterocycles. The first kappa shape index (κ1) is 9.46. The molecule has 0 saturated carbocycles. The van der Waals surface area contributed by atoms with Crippen LogP contribution in [0.4, 0.5) is 4.79 Å². The van der Waals surface area contributed by atoms with E-state index in [1.165, 1.54) is 17.5 Å². The largest absolute Gasteiger partial charge is 0.345 e. The lowest BCUT2D eigenvalue weighted by atomic mass is 9.96. The van der Waals surface area contributed by atoms with E-state index >= 15 is 0 Å². The molecule has 1 N–H and O–H groups in total. The van der Waals surface area contributed by atoms with Gasteiger partial charge in [0.05, 0.1) is 5.70 Å². The highest BCUT2D eigenvalue weighted by atomic mass is 16.2. The van der Waals surface area contributed by atoms with Crippen LogP contribution in [0.5, 0.6) is 0 Å². The summed E-state index contributed by atoms with van der Waals surface area (Å²) in [4.78, 5) is 10.9. The van der Waals surface area contributed by atoms with E-state index in [0.717, 1.165) is 18.5 Å². The number of carbonyl (C=O) groups excluding carboxylic acids is 1. The van der Waals surface area contributed by atoms with Crippen LogP contribution in [0.2, 0.25) is 0 Å². The summed E-state index contributed by atoms with van der Waals surface area (Å²) < 4.78 is 0. The molecule has 0 saturated heterocycles. The number of rotatable bonds is 2. The zero-order valence-electron chi connectivity index (χ0n) is 8.94. The first-order chi connectivity index (χ1) is 7.83. The Morgan fingerprint density at radius 2 is 2.25 bits per heavy atom. The Morgan fingerprint density at radius 1 is 1.38 bits per heavy atom. The van der Waals surface area contributed by atoms with Gasteiger partial charge in [0.25, 0.3) is 0 Å². The molecule has 0 spiro atoms. The first-order valence-electron chi connectivity index (χ1n) is 5.62. The van der Waals surface area contributed by atoms with Crippen LogP contribution in [-0.4, -0.2) is 6.03 Å². The van der Waals surface area contributed by atoms with Crippen molar-refractivity contribution >= 4 is 6.03 Å². The standard InChI is InChI=1S/C13H13N2O/c16-13-14-8-11(15-13)7-10-6-5-9-3-1-2-4-12(9)10/h1-4,8,10H,5-7H2,(H,14,16). The Balaban J connectivity index is 1.76. The van der Waals surface area contributed by atoms with E-state index in [4.69, 9.17) is 0 Å². The second-order valence-electron chi connectivity index (χ2n) is 4.34. The van der Waals surface area contributed by atoms with Crippen molar-refractivity contribution in [3.8, 4) is 0 Å². The Bertz CT molecular complexity index is 465. The molecule has 1 heterocycles. The van der Waals surface area contributed by atoms with Gasteiger partial charge in [-0.05, 0) is 36.3 Å². The first-order valence-corrected chi connectivity index (χ1v) is 5.62. The van der Waals surface area contributed by atoms with Gasteiger partial charge in [-0.3, -0.25) is 0 Å². The molecule has 0 fully saturated rings. The van der Waals surface area contributed by atoms with Gasteiger partial charge in [-0.25, -0.2) is 4.79 Å². The predicted molar refractivity (Wildman–Crippen MR) is 60.9 cm³/mol. The number of benzene rings is 1. The quantitative estimate of drug-likeness (QED) is 0.804. The van der Waals surface area contributed by atoms with Crippen molar-refractivity contribution < 1.29 is 4.79 Å². The van der Waals surface area contributed by atoms with Crippen LogP contribution in [-0.2, 0) is 6.42 Å². The summed E-state index contributed by atoms with van der Waals surface area (Å²) in [7, 11) is 0.